The average Bonchev–Trinajstić information content (AvgIpc) is 4.22. The summed E-state index contributed by atoms with van der Waals surface area (Å²) in [7, 11) is 0. The van der Waals surface area contributed by atoms with Crippen LogP contribution in [0.5, 0.6) is 0 Å². The molecule has 0 aliphatic carbocycles. The van der Waals surface area contributed by atoms with Crippen molar-refractivity contribution in [3.8, 4) is 12.1 Å². The van der Waals surface area contributed by atoms with Gasteiger partial charge in [0.2, 0.25) is 5.95 Å². The molecule has 402 valence electrons. The van der Waals surface area contributed by atoms with Gasteiger partial charge >= 0.3 is 25.3 Å². The number of nitriles is 2. The van der Waals surface area contributed by atoms with Crippen LogP contribution in [-0.4, -0.2) is 133 Å². The van der Waals surface area contributed by atoms with E-state index < -0.39 is 112 Å². The third-order valence-electron chi connectivity index (χ3n) is 11.8. The molecule has 3 aliphatic heterocycles. The van der Waals surface area contributed by atoms with Gasteiger partial charge in [0.15, 0.2) is 22.6 Å². The summed E-state index contributed by atoms with van der Waals surface area (Å²) in [4.78, 5) is 87.9. The first-order valence-corrected chi connectivity index (χ1v) is 29.3. The number of imidazole rings is 2. The summed E-state index contributed by atoms with van der Waals surface area (Å²) in [6.07, 6.45) is -5.75. The Morgan fingerprint density at radius 2 is 1.35 bits per heavy atom. The topological polar surface area (TPSA) is 424 Å². The zero-order chi connectivity index (χ0) is 53.6. The molecule has 0 amide bonds. The Morgan fingerprint density at radius 1 is 0.787 bits per heavy atom. The zero-order valence-electron chi connectivity index (χ0n) is 39.9. The van der Waals surface area contributed by atoms with Gasteiger partial charge in [-0.1, -0.05) is 0 Å². The van der Waals surface area contributed by atoms with Crippen molar-refractivity contribution in [2.24, 2.45) is 0 Å². The SMILES string of the molecule is CC(=O)CCC(=O)O[C@H]1C[C@H](n2cnc3c(N)ncnc32)O[C@@H]1COP(=O)(O[C@H]1C[C@H](n2cnc3c(=O)[nH]c(N)nc32)O[C@@H]1COP(=O)(O[C@H]1C[C@H](n2cc(C)c(=O)[nH]c2=O)O[C@@H]1CO)SCCC#N)SCCC#N. The molecule has 0 spiro atoms. The highest BCUT2D eigenvalue weighted by atomic mass is 32.7. The first-order chi connectivity index (χ1) is 35.9. The van der Waals surface area contributed by atoms with E-state index in [1.54, 1.807) is 4.57 Å². The fourth-order valence-corrected chi connectivity index (χ4v) is 14.9. The molecule has 30 nitrogen and oxygen atoms in total. The van der Waals surface area contributed by atoms with Crippen LogP contribution in [-0.2, 0) is 55.8 Å². The van der Waals surface area contributed by atoms with Gasteiger partial charge < -0.3 is 40.3 Å². The second-order valence-corrected chi connectivity index (χ2v) is 25.4. The molecule has 34 heteroatoms. The van der Waals surface area contributed by atoms with Gasteiger partial charge in [-0.2, -0.15) is 15.5 Å². The van der Waals surface area contributed by atoms with Gasteiger partial charge in [0, 0.05) is 61.8 Å². The molecule has 3 saturated heterocycles. The Balaban J connectivity index is 1.07. The number of rotatable bonds is 24. The number of aromatic nitrogens is 10. The number of nitrogens with two attached hydrogens (primary N) is 2. The molecule has 2 unspecified atom stereocenters. The van der Waals surface area contributed by atoms with E-state index in [9.17, 15) is 44.2 Å². The predicted molar refractivity (Wildman–Crippen MR) is 263 cm³/mol. The standard InChI is InChI=1S/C41H50N14O16P2S2/c1-21-14-53(41(61)52-38(21)59)29-12-24(26(15-56)66-29)70-72(62,74-9-3-7-42)65-17-28-25(13-31(68-28)55-20-49-34-37(55)50-40(45)51-39(34)60)71-73(63,75-10-4-8-43)64-16-27-23(69-32(58)6-5-22(2)57)11-30(67-27)54-19-48-33-35(44)46-18-47-36(33)54/h14,18-20,23-31,56H,3-6,9-13,15-17H2,1-2H3,(H2,44,46,47)(H,52,59,61)(H3,45,50,51,60)/t23-,24-,25-,26+,27+,28+,29+,30+,31+,72?,73?/m0/s1. The van der Waals surface area contributed by atoms with E-state index in [1.165, 1.54) is 43.6 Å². The van der Waals surface area contributed by atoms with Crippen molar-refractivity contribution < 1.29 is 60.9 Å². The molecule has 75 heavy (non-hydrogen) atoms. The molecule has 3 fully saturated rings. The van der Waals surface area contributed by atoms with Gasteiger partial charge in [0.1, 0.15) is 72.9 Å². The molecule has 3 aliphatic rings. The number of fused-ring (bicyclic) bond motifs is 2. The van der Waals surface area contributed by atoms with Crippen LogP contribution in [0.3, 0.4) is 0 Å². The summed E-state index contributed by atoms with van der Waals surface area (Å²) < 4.78 is 83.2. The van der Waals surface area contributed by atoms with Gasteiger partial charge in [0.05, 0.1) is 51.0 Å². The molecular formula is C41H50N14O16P2S2. The summed E-state index contributed by atoms with van der Waals surface area (Å²) in [5, 5.41) is 29.2. The van der Waals surface area contributed by atoms with Crippen LogP contribution in [0.25, 0.3) is 22.3 Å². The molecule has 11 atom stereocenters. The second kappa shape index (κ2) is 24.0. The van der Waals surface area contributed by atoms with Crippen LogP contribution in [0.4, 0.5) is 11.8 Å². The molecule has 7 N–H and O–H groups in total. The molecule has 0 saturated carbocycles. The maximum atomic E-state index is 15.1. The second-order valence-electron chi connectivity index (χ2n) is 17.1. The number of H-pyrrole nitrogens is 2. The monoisotopic (exact) mass is 1120 g/mol. The van der Waals surface area contributed by atoms with Crippen LogP contribution < -0.4 is 28.3 Å². The Bertz CT molecular complexity index is 3290. The first kappa shape index (κ1) is 55.4. The van der Waals surface area contributed by atoms with Gasteiger partial charge in [-0.15, -0.1) is 0 Å². The number of carbonyl (C=O) groups excluding carboxylic acids is 2. The number of anilines is 2. The van der Waals surface area contributed by atoms with E-state index in [0.29, 0.717) is 28.4 Å². The van der Waals surface area contributed by atoms with Crippen LogP contribution >= 0.6 is 36.4 Å². The van der Waals surface area contributed by atoms with E-state index >= 15 is 4.57 Å². The van der Waals surface area contributed by atoms with E-state index in [-0.39, 0.29) is 96.2 Å². The van der Waals surface area contributed by atoms with Crippen molar-refractivity contribution in [3.05, 3.63) is 61.9 Å². The fraction of sp³-hybridized carbons (Fsp3) is 0.561. The van der Waals surface area contributed by atoms with Crippen LogP contribution in [0.1, 0.15) is 76.1 Å². The number of aliphatic hydroxyl groups is 1. The van der Waals surface area contributed by atoms with E-state index in [4.69, 9.17) is 48.5 Å². The number of hydrogen-bond donors (Lipinski definition) is 5. The third kappa shape index (κ3) is 13.0. The number of aromatic amines is 2. The highest BCUT2D eigenvalue weighted by Crippen LogP contribution is 2.65. The van der Waals surface area contributed by atoms with Crippen molar-refractivity contribution in [3.63, 3.8) is 0 Å². The number of nitrogen functional groups attached to an aromatic ring is 2. The Hall–Kier alpha value is -5.86. The lowest BCUT2D eigenvalue weighted by atomic mass is 10.2. The highest BCUT2D eigenvalue weighted by Gasteiger charge is 2.48. The predicted octanol–water partition coefficient (Wildman–Crippen LogP) is 2.43. The van der Waals surface area contributed by atoms with Crippen LogP contribution in [0.15, 0.2) is 39.6 Å². The molecule has 5 aromatic rings. The number of hydrogen-bond acceptors (Lipinski definition) is 27. The van der Waals surface area contributed by atoms with E-state index in [1.807, 2.05) is 12.1 Å². The molecule has 5 aromatic heterocycles. The van der Waals surface area contributed by atoms with Crippen molar-refractivity contribution >= 4 is 82.2 Å². The van der Waals surface area contributed by atoms with Gasteiger partial charge in [-0.25, -0.2) is 33.9 Å². The molecule has 0 bridgehead atoms. The first-order valence-electron chi connectivity index (χ1n) is 23.0. The number of nitrogens with zero attached hydrogens (tertiary/aromatic N) is 10. The molecule has 8 rings (SSSR count). The van der Waals surface area contributed by atoms with Crippen LogP contribution in [0.2, 0.25) is 0 Å². The zero-order valence-corrected chi connectivity index (χ0v) is 43.3. The number of carbonyl (C=O) groups is 2. The van der Waals surface area contributed by atoms with Crippen molar-refractivity contribution in [2.45, 2.75) is 114 Å². The number of nitrogens with one attached hydrogen (secondary N) is 2. The fourth-order valence-electron chi connectivity index (χ4n) is 8.23. The summed E-state index contributed by atoms with van der Waals surface area (Å²) in [6, 6.07) is 3.94. The van der Waals surface area contributed by atoms with Crippen molar-refractivity contribution in [1.29, 1.82) is 10.5 Å². The largest absolute Gasteiger partial charge is 0.459 e. The lowest BCUT2D eigenvalue weighted by Gasteiger charge is -2.27. The molecule has 0 radical (unpaired) electrons. The minimum atomic E-state index is -4.48. The summed E-state index contributed by atoms with van der Waals surface area (Å²) in [5.74, 6) is -1.21. The Labute approximate surface area is 431 Å². The summed E-state index contributed by atoms with van der Waals surface area (Å²) in [5.41, 5.74) is 10.5. The van der Waals surface area contributed by atoms with E-state index in [2.05, 4.69) is 34.9 Å². The lowest BCUT2D eigenvalue weighted by molar-refractivity contribution is -0.153. The molecular weight excluding hydrogens is 1070 g/mol. The minimum absolute atomic E-state index is 0.00438. The normalized spacial score (nSPS) is 25.2. The number of ether oxygens (including phenoxy) is 4. The quantitative estimate of drug-likeness (QED) is 0.0336. The van der Waals surface area contributed by atoms with Crippen LogP contribution in [0, 0.1) is 29.6 Å². The highest BCUT2D eigenvalue weighted by molar-refractivity contribution is 8.55. The van der Waals surface area contributed by atoms with Crippen molar-refractivity contribution in [2.75, 3.05) is 42.8 Å². The Morgan fingerprint density at radius 3 is 1.96 bits per heavy atom. The number of esters is 1. The summed E-state index contributed by atoms with van der Waals surface area (Å²) in [6.45, 7) is -7.89. The summed E-state index contributed by atoms with van der Waals surface area (Å²) >= 11 is 1.33. The minimum Gasteiger partial charge on any atom is -0.459 e. The maximum Gasteiger partial charge on any atom is 0.389 e. The van der Waals surface area contributed by atoms with Gasteiger partial charge in [-0.3, -0.25) is 56.1 Å². The third-order valence-corrected chi connectivity index (χ3v) is 19.4. The van der Waals surface area contributed by atoms with Crippen molar-refractivity contribution in [1.82, 2.24) is 48.6 Å². The van der Waals surface area contributed by atoms with Gasteiger partial charge in [0.25, 0.3) is 11.1 Å². The number of aliphatic hydroxyl groups excluding tert-OH is 1. The average molecular weight is 1120 g/mol. The number of ketones is 1. The molecule has 0 aromatic carbocycles. The molecule has 8 heterocycles. The smallest absolute Gasteiger partial charge is 0.389 e. The lowest BCUT2D eigenvalue weighted by Crippen LogP contribution is -2.33. The Kier molecular flexibility index (Phi) is 17.7. The van der Waals surface area contributed by atoms with E-state index in [0.717, 1.165) is 4.57 Å². The maximum absolute atomic E-state index is 15.1. The number of aryl methyl sites for hydroxylation is 1. The van der Waals surface area contributed by atoms with Gasteiger partial charge in [-0.05, 0) is 36.6 Å². The number of Topliss-reactive ketones (excluding diaryl/α,β-unsaturated/α-hetero) is 1.